The molecule has 1 nitrogen and oxygen atoms in total. The zero-order valence-corrected chi connectivity index (χ0v) is 20.0. The van der Waals surface area contributed by atoms with E-state index in [4.69, 9.17) is 0 Å². The molecule has 1 aromatic heterocycles. The summed E-state index contributed by atoms with van der Waals surface area (Å²) in [5.41, 5.74) is 14.0. The Hall–Kier alpha value is -3.97. The maximum Gasteiger partial charge on any atom is 0.0346 e. The molecule has 5 aromatic rings. The molecule has 5 rings (SSSR count). The van der Waals surface area contributed by atoms with Crippen LogP contribution in [0.1, 0.15) is 27.8 Å². The molecular formula is C33H29N. The first-order valence-corrected chi connectivity index (χ1v) is 11.8. The van der Waals surface area contributed by atoms with Crippen molar-refractivity contribution in [3.8, 4) is 33.4 Å². The fourth-order valence-electron chi connectivity index (χ4n) is 4.49. The molecule has 0 saturated carbocycles. The fraction of sp³-hybridized carbons (Fsp3) is 0.121. The molecule has 0 fully saturated rings. The summed E-state index contributed by atoms with van der Waals surface area (Å²) in [5, 5.41) is 0. The van der Waals surface area contributed by atoms with Crippen molar-refractivity contribution >= 4 is 0 Å². The van der Waals surface area contributed by atoms with Crippen molar-refractivity contribution in [2.75, 3.05) is 0 Å². The van der Waals surface area contributed by atoms with Gasteiger partial charge >= 0.3 is 0 Å². The van der Waals surface area contributed by atoms with Gasteiger partial charge in [0, 0.05) is 18.0 Å². The van der Waals surface area contributed by atoms with Crippen LogP contribution in [-0.4, -0.2) is 4.98 Å². The quantitative estimate of drug-likeness (QED) is 0.267. The van der Waals surface area contributed by atoms with Gasteiger partial charge in [0.1, 0.15) is 0 Å². The molecule has 1 heterocycles. The van der Waals surface area contributed by atoms with Crippen LogP contribution in [0.3, 0.4) is 0 Å². The molecule has 0 aliphatic rings. The van der Waals surface area contributed by atoms with Crippen LogP contribution in [0.15, 0.2) is 109 Å². The Morgan fingerprint density at radius 3 is 1.79 bits per heavy atom. The second kappa shape index (κ2) is 9.49. The predicted octanol–water partition coefficient (Wildman–Crippen LogP) is 8.60. The minimum Gasteiger partial charge on any atom is -0.264 e. The van der Waals surface area contributed by atoms with Gasteiger partial charge < -0.3 is 0 Å². The number of nitrogens with zero attached hydrogens (tertiary/aromatic N) is 1. The standard InChI is InChI=1S/C33H29N/c1-23-6-13-28(14-7-23)29-16-11-26(12-17-29)19-27-10-8-24(2)32(20-27)33-21-30(15-9-25(33)3)31-5-4-18-34-22-31/h4-18,20-22H,19H2,1-3H3. The van der Waals surface area contributed by atoms with E-state index in [9.17, 15) is 0 Å². The summed E-state index contributed by atoms with van der Waals surface area (Å²) in [6, 6.07) is 35.4. The van der Waals surface area contributed by atoms with Crippen LogP contribution in [0.25, 0.3) is 33.4 Å². The first kappa shape index (κ1) is 21.9. The zero-order valence-electron chi connectivity index (χ0n) is 20.0. The van der Waals surface area contributed by atoms with Gasteiger partial charge in [-0.05, 0) is 89.4 Å². The van der Waals surface area contributed by atoms with Gasteiger partial charge in [0.25, 0.3) is 0 Å². The highest BCUT2D eigenvalue weighted by Gasteiger charge is 2.10. The summed E-state index contributed by atoms with van der Waals surface area (Å²) in [7, 11) is 0. The van der Waals surface area contributed by atoms with Crippen LogP contribution in [0.4, 0.5) is 0 Å². The highest BCUT2D eigenvalue weighted by Crippen LogP contribution is 2.32. The number of aryl methyl sites for hydroxylation is 3. The number of aromatic nitrogens is 1. The fourth-order valence-corrected chi connectivity index (χ4v) is 4.49. The van der Waals surface area contributed by atoms with Crippen molar-refractivity contribution in [3.05, 3.63) is 137 Å². The summed E-state index contributed by atoms with van der Waals surface area (Å²) in [6.07, 6.45) is 4.67. The lowest BCUT2D eigenvalue weighted by Gasteiger charge is -2.14. The van der Waals surface area contributed by atoms with Crippen LogP contribution in [0, 0.1) is 20.8 Å². The van der Waals surface area contributed by atoms with Crippen molar-refractivity contribution in [1.82, 2.24) is 4.98 Å². The lowest BCUT2D eigenvalue weighted by molar-refractivity contribution is 1.19. The summed E-state index contributed by atoms with van der Waals surface area (Å²) in [5.74, 6) is 0. The molecule has 0 radical (unpaired) electrons. The van der Waals surface area contributed by atoms with E-state index in [1.54, 1.807) is 0 Å². The van der Waals surface area contributed by atoms with Crippen molar-refractivity contribution in [2.24, 2.45) is 0 Å². The van der Waals surface area contributed by atoms with Crippen LogP contribution in [0.5, 0.6) is 0 Å². The Balaban J connectivity index is 1.43. The Kier molecular flexibility index (Phi) is 6.10. The molecular weight excluding hydrogens is 410 g/mol. The number of benzene rings is 4. The van der Waals surface area contributed by atoms with Crippen molar-refractivity contribution < 1.29 is 0 Å². The summed E-state index contributed by atoms with van der Waals surface area (Å²) < 4.78 is 0. The van der Waals surface area contributed by atoms with Gasteiger partial charge in [-0.15, -0.1) is 0 Å². The Labute approximate surface area is 202 Å². The van der Waals surface area contributed by atoms with Gasteiger partial charge in [-0.1, -0.05) is 90.5 Å². The molecule has 1 heteroatoms. The maximum atomic E-state index is 4.29. The summed E-state index contributed by atoms with van der Waals surface area (Å²) in [4.78, 5) is 4.29. The molecule has 0 aliphatic carbocycles. The highest BCUT2D eigenvalue weighted by molar-refractivity contribution is 5.77. The van der Waals surface area contributed by atoms with E-state index in [1.165, 1.54) is 55.6 Å². The van der Waals surface area contributed by atoms with Gasteiger partial charge in [0.05, 0.1) is 0 Å². The van der Waals surface area contributed by atoms with Crippen LogP contribution < -0.4 is 0 Å². The third kappa shape index (κ3) is 4.70. The topological polar surface area (TPSA) is 12.9 Å². The highest BCUT2D eigenvalue weighted by atomic mass is 14.6. The Morgan fingerprint density at radius 1 is 0.529 bits per heavy atom. The second-order valence-corrected chi connectivity index (χ2v) is 9.16. The van der Waals surface area contributed by atoms with Gasteiger partial charge in [0.15, 0.2) is 0 Å². The molecule has 0 unspecified atom stereocenters. The molecule has 166 valence electrons. The van der Waals surface area contributed by atoms with Gasteiger partial charge in [-0.25, -0.2) is 0 Å². The molecule has 0 spiro atoms. The monoisotopic (exact) mass is 439 g/mol. The van der Waals surface area contributed by atoms with Crippen LogP contribution >= 0.6 is 0 Å². The van der Waals surface area contributed by atoms with E-state index in [0.29, 0.717) is 0 Å². The largest absolute Gasteiger partial charge is 0.264 e. The van der Waals surface area contributed by atoms with Gasteiger partial charge in [-0.2, -0.15) is 0 Å². The van der Waals surface area contributed by atoms with Crippen LogP contribution in [-0.2, 0) is 6.42 Å². The number of pyridine rings is 1. The summed E-state index contributed by atoms with van der Waals surface area (Å²) >= 11 is 0. The van der Waals surface area contributed by atoms with Crippen LogP contribution in [0.2, 0.25) is 0 Å². The lowest BCUT2D eigenvalue weighted by atomic mass is 9.91. The SMILES string of the molecule is Cc1ccc(-c2ccc(Cc3ccc(C)c(-c4cc(-c5cccnc5)ccc4C)c3)cc2)cc1. The first-order chi connectivity index (χ1) is 16.6. The van der Waals surface area contributed by atoms with E-state index < -0.39 is 0 Å². The molecule has 34 heavy (non-hydrogen) atoms. The van der Waals surface area contributed by atoms with Gasteiger partial charge in [-0.3, -0.25) is 4.98 Å². The zero-order chi connectivity index (χ0) is 23.5. The average Bonchev–Trinajstić information content (AvgIpc) is 2.87. The predicted molar refractivity (Wildman–Crippen MR) is 144 cm³/mol. The minimum absolute atomic E-state index is 0.919. The summed E-state index contributed by atoms with van der Waals surface area (Å²) in [6.45, 7) is 6.52. The molecule has 0 aliphatic heterocycles. The molecule has 0 saturated heterocycles. The second-order valence-electron chi connectivity index (χ2n) is 9.16. The number of rotatable bonds is 5. The van der Waals surface area contributed by atoms with Crippen molar-refractivity contribution in [2.45, 2.75) is 27.2 Å². The van der Waals surface area contributed by atoms with Crippen molar-refractivity contribution in [3.63, 3.8) is 0 Å². The van der Waals surface area contributed by atoms with E-state index in [0.717, 1.165) is 12.0 Å². The average molecular weight is 440 g/mol. The van der Waals surface area contributed by atoms with E-state index >= 15 is 0 Å². The number of hydrogen-bond acceptors (Lipinski definition) is 1. The Bertz CT molecular complexity index is 1410. The maximum absolute atomic E-state index is 4.29. The minimum atomic E-state index is 0.919. The van der Waals surface area contributed by atoms with Crippen molar-refractivity contribution in [1.29, 1.82) is 0 Å². The molecule has 0 atom stereocenters. The van der Waals surface area contributed by atoms with E-state index in [-0.39, 0.29) is 0 Å². The molecule has 0 N–H and O–H groups in total. The van der Waals surface area contributed by atoms with Gasteiger partial charge in [0.2, 0.25) is 0 Å². The molecule has 4 aromatic carbocycles. The molecule has 0 bridgehead atoms. The van der Waals surface area contributed by atoms with E-state index in [2.05, 4.69) is 117 Å². The third-order valence-electron chi connectivity index (χ3n) is 6.57. The normalized spacial score (nSPS) is 10.9. The smallest absolute Gasteiger partial charge is 0.0346 e. The molecule has 0 amide bonds. The first-order valence-electron chi connectivity index (χ1n) is 11.8. The third-order valence-corrected chi connectivity index (χ3v) is 6.57. The lowest BCUT2D eigenvalue weighted by Crippen LogP contribution is -1.93. The van der Waals surface area contributed by atoms with E-state index in [1.807, 2.05) is 18.5 Å². The Morgan fingerprint density at radius 2 is 1.12 bits per heavy atom. The number of hydrogen-bond donors (Lipinski definition) is 0.